The molecular formula is C22H30N3O2+. The lowest BCUT2D eigenvalue weighted by molar-refractivity contribution is -0.918. The highest BCUT2D eigenvalue weighted by atomic mass is 16.5. The molecule has 1 heterocycles. The van der Waals surface area contributed by atoms with Gasteiger partial charge in [-0.25, -0.2) is 0 Å². The molecule has 0 saturated carbocycles. The molecule has 2 aromatic carbocycles. The van der Waals surface area contributed by atoms with Crippen molar-refractivity contribution in [1.82, 2.24) is 5.01 Å². The van der Waals surface area contributed by atoms with Gasteiger partial charge >= 0.3 is 0 Å². The molecule has 1 aliphatic rings. The van der Waals surface area contributed by atoms with Gasteiger partial charge in [-0.2, -0.15) is 5.10 Å². The van der Waals surface area contributed by atoms with E-state index in [-0.39, 0.29) is 0 Å². The van der Waals surface area contributed by atoms with Crippen LogP contribution in [0, 0.1) is 13.8 Å². The summed E-state index contributed by atoms with van der Waals surface area (Å²) in [6.45, 7) is 9.63. The number of aryl methyl sites for hydroxylation is 2. The van der Waals surface area contributed by atoms with Crippen LogP contribution in [0.1, 0.15) is 22.3 Å². The lowest BCUT2D eigenvalue weighted by Gasteiger charge is -2.30. The summed E-state index contributed by atoms with van der Waals surface area (Å²) in [6.07, 6.45) is 1.90. The van der Waals surface area contributed by atoms with Gasteiger partial charge in [0, 0.05) is 5.56 Å². The van der Waals surface area contributed by atoms with E-state index in [1.807, 2.05) is 24.4 Å². The van der Waals surface area contributed by atoms with Crippen LogP contribution in [0.3, 0.4) is 0 Å². The number of quaternary nitrogens is 1. The van der Waals surface area contributed by atoms with Gasteiger partial charge in [-0.05, 0) is 43.2 Å². The topological polar surface area (TPSA) is 38.5 Å². The molecule has 2 aromatic rings. The summed E-state index contributed by atoms with van der Waals surface area (Å²) in [5.74, 6) is 1.46. The van der Waals surface area contributed by atoms with Gasteiger partial charge in [0.1, 0.15) is 6.54 Å². The van der Waals surface area contributed by atoms with Crippen LogP contribution in [0.25, 0.3) is 0 Å². The molecule has 144 valence electrons. The number of methoxy groups -OCH3 is 2. The number of benzene rings is 2. The van der Waals surface area contributed by atoms with Crippen molar-refractivity contribution in [2.75, 3.05) is 40.4 Å². The standard InChI is InChI=1S/C22H29N3O2/c1-17-5-7-20(18(2)13-17)16-24-9-11-25(12-10-24)23-15-19-6-8-21(26-3)22(14-19)27-4/h5-8,13-15H,9-12,16H2,1-4H3/p+1. The first-order chi connectivity index (χ1) is 13.1. The van der Waals surface area contributed by atoms with Gasteiger partial charge in [-0.15, -0.1) is 0 Å². The van der Waals surface area contributed by atoms with Crippen molar-refractivity contribution in [3.8, 4) is 11.5 Å². The van der Waals surface area contributed by atoms with Crippen molar-refractivity contribution < 1.29 is 14.4 Å². The molecule has 0 bridgehead atoms. The molecule has 27 heavy (non-hydrogen) atoms. The third-order valence-electron chi connectivity index (χ3n) is 5.16. The fraction of sp³-hybridized carbons (Fsp3) is 0.409. The molecule has 3 rings (SSSR count). The van der Waals surface area contributed by atoms with Gasteiger partial charge in [-0.1, -0.05) is 23.8 Å². The van der Waals surface area contributed by atoms with Gasteiger partial charge in [0.15, 0.2) is 11.5 Å². The maximum atomic E-state index is 5.35. The van der Waals surface area contributed by atoms with Crippen LogP contribution >= 0.6 is 0 Å². The minimum Gasteiger partial charge on any atom is -0.493 e. The first-order valence-corrected chi connectivity index (χ1v) is 9.49. The second-order valence-electron chi connectivity index (χ2n) is 7.17. The van der Waals surface area contributed by atoms with Crippen LogP contribution in [0.2, 0.25) is 0 Å². The Bertz CT molecular complexity index is 796. The quantitative estimate of drug-likeness (QED) is 0.794. The van der Waals surface area contributed by atoms with Crippen molar-refractivity contribution in [2.45, 2.75) is 20.4 Å². The minimum absolute atomic E-state index is 0.726. The summed E-state index contributed by atoms with van der Waals surface area (Å²) in [5, 5.41) is 6.81. The Morgan fingerprint density at radius 3 is 2.41 bits per heavy atom. The highest BCUT2D eigenvalue weighted by molar-refractivity contribution is 5.80. The van der Waals surface area contributed by atoms with E-state index in [1.54, 1.807) is 19.1 Å². The molecule has 1 aliphatic heterocycles. The van der Waals surface area contributed by atoms with Crippen molar-refractivity contribution in [3.63, 3.8) is 0 Å². The fourth-order valence-electron chi connectivity index (χ4n) is 3.50. The lowest BCUT2D eigenvalue weighted by atomic mass is 10.1. The Balaban J connectivity index is 1.54. The molecule has 0 amide bonds. The van der Waals surface area contributed by atoms with E-state index in [0.29, 0.717) is 0 Å². The monoisotopic (exact) mass is 368 g/mol. The Hall–Kier alpha value is -2.53. The molecular weight excluding hydrogens is 338 g/mol. The molecule has 1 saturated heterocycles. The summed E-state index contributed by atoms with van der Waals surface area (Å²) >= 11 is 0. The summed E-state index contributed by atoms with van der Waals surface area (Å²) in [4.78, 5) is 1.62. The maximum absolute atomic E-state index is 5.35. The Morgan fingerprint density at radius 1 is 1.00 bits per heavy atom. The third-order valence-corrected chi connectivity index (χ3v) is 5.16. The van der Waals surface area contributed by atoms with Crippen LogP contribution < -0.4 is 14.4 Å². The number of ether oxygens (including phenoxy) is 2. The molecule has 0 radical (unpaired) electrons. The van der Waals surface area contributed by atoms with Gasteiger partial charge in [0.2, 0.25) is 0 Å². The van der Waals surface area contributed by atoms with Gasteiger partial charge in [0.25, 0.3) is 0 Å². The van der Waals surface area contributed by atoms with Crippen molar-refractivity contribution in [2.24, 2.45) is 5.10 Å². The first kappa shape index (κ1) is 19.2. The predicted octanol–water partition coefficient (Wildman–Crippen LogP) is 2.06. The lowest BCUT2D eigenvalue weighted by Crippen LogP contribution is -3.13. The summed E-state index contributed by atoms with van der Waals surface area (Å²) in [6, 6.07) is 12.6. The number of rotatable bonds is 6. The molecule has 0 atom stereocenters. The largest absolute Gasteiger partial charge is 0.493 e. The average molecular weight is 369 g/mol. The molecule has 1 fully saturated rings. The highest BCUT2D eigenvalue weighted by Crippen LogP contribution is 2.26. The second kappa shape index (κ2) is 8.91. The smallest absolute Gasteiger partial charge is 0.161 e. The molecule has 0 aliphatic carbocycles. The maximum Gasteiger partial charge on any atom is 0.161 e. The summed E-state index contributed by atoms with van der Waals surface area (Å²) in [7, 11) is 3.29. The number of piperazine rings is 1. The van der Waals surface area contributed by atoms with E-state index in [1.165, 1.54) is 16.7 Å². The van der Waals surface area contributed by atoms with Crippen LogP contribution in [0.15, 0.2) is 41.5 Å². The number of hydrogen-bond donors (Lipinski definition) is 1. The molecule has 0 spiro atoms. The fourth-order valence-corrected chi connectivity index (χ4v) is 3.50. The Labute approximate surface area is 162 Å². The molecule has 5 nitrogen and oxygen atoms in total. The normalized spacial score (nSPS) is 15.3. The third kappa shape index (κ3) is 5.01. The summed E-state index contributed by atoms with van der Waals surface area (Å²) < 4.78 is 10.6. The Morgan fingerprint density at radius 2 is 1.74 bits per heavy atom. The van der Waals surface area contributed by atoms with E-state index >= 15 is 0 Å². The molecule has 1 N–H and O–H groups in total. The molecule has 5 heteroatoms. The number of hydrazone groups is 1. The van der Waals surface area contributed by atoms with E-state index in [0.717, 1.165) is 49.8 Å². The zero-order chi connectivity index (χ0) is 19.2. The highest BCUT2D eigenvalue weighted by Gasteiger charge is 2.19. The van der Waals surface area contributed by atoms with E-state index in [9.17, 15) is 0 Å². The second-order valence-corrected chi connectivity index (χ2v) is 7.17. The zero-order valence-corrected chi connectivity index (χ0v) is 16.8. The van der Waals surface area contributed by atoms with Crippen LogP contribution in [0.4, 0.5) is 0 Å². The molecule has 0 unspecified atom stereocenters. The first-order valence-electron chi connectivity index (χ1n) is 9.49. The zero-order valence-electron chi connectivity index (χ0n) is 16.8. The SMILES string of the molecule is COc1ccc(C=NN2CC[NH+](Cc3ccc(C)cc3C)CC2)cc1OC. The van der Waals surface area contributed by atoms with E-state index in [2.05, 4.69) is 42.2 Å². The predicted molar refractivity (Wildman–Crippen MR) is 109 cm³/mol. The van der Waals surface area contributed by atoms with E-state index in [4.69, 9.17) is 9.47 Å². The number of hydrogen-bond acceptors (Lipinski definition) is 4. The van der Waals surface area contributed by atoms with Crippen molar-refractivity contribution in [1.29, 1.82) is 0 Å². The molecule has 0 aromatic heterocycles. The van der Waals surface area contributed by atoms with Crippen LogP contribution in [-0.4, -0.2) is 51.6 Å². The van der Waals surface area contributed by atoms with Gasteiger partial charge < -0.3 is 14.4 Å². The Kier molecular flexibility index (Phi) is 6.35. The van der Waals surface area contributed by atoms with Crippen molar-refractivity contribution in [3.05, 3.63) is 58.7 Å². The van der Waals surface area contributed by atoms with E-state index < -0.39 is 0 Å². The minimum atomic E-state index is 0.726. The van der Waals surface area contributed by atoms with Gasteiger partial charge in [0.05, 0.1) is 46.6 Å². The summed E-state index contributed by atoms with van der Waals surface area (Å²) in [5.41, 5.74) is 5.20. The number of nitrogens with one attached hydrogen (secondary N) is 1. The average Bonchev–Trinajstić information content (AvgIpc) is 2.69. The van der Waals surface area contributed by atoms with Crippen LogP contribution in [-0.2, 0) is 6.54 Å². The number of nitrogens with zero attached hydrogens (tertiary/aromatic N) is 2. The van der Waals surface area contributed by atoms with Gasteiger partial charge in [-0.3, -0.25) is 5.01 Å². The van der Waals surface area contributed by atoms with Crippen LogP contribution in [0.5, 0.6) is 11.5 Å². The van der Waals surface area contributed by atoms with Crippen molar-refractivity contribution >= 4 is 6.21 Å².